The predicted octanol–water partition coefficient (Wildman–Crippen LogP) is -3.41. The van der Waals surface area contributed by atoms with Gasteiger partial charge in [0.1, 0.15) is 0 Å². The predicted molar refractivity (Wildman–Crippen MR) is 40.9 cm³/mol. The van der Waals surface area contributed by atoms with Gasteiger partial charge in [-0.3, -0.25) is 0 Å². The van der Waals surface area contributed by atoms with Crippen molar-refractivity contribution >= 4 is 0 Å². The van der Waals surface area contributed by atoms with E-state index in [9.17, 15) is 0 Å². The molecule has 0 N–H and O–H groups in total. The molecular formula is C9H13Cl2Zr. The largest absolute Gasteiger partial charge is 3.00 e. The summed E-state index contributed by atoms with van der Waals surface area (Å²) < 4.78 is 0. The van der Waals surface area contributed by atoms with Crippen LogP contribution >= 0.6 is 0 Å². The number of hydrogen-bond donors (Lipinski definition) is 0. The van der Waals surface area contributed by atoms with Gasteiger partial charge in [-0.15, -0.1) is 0 Å². The molecule has 1 rings (SSSR count). The van der Waals surface area contributed by atoms with E-state index in [-0.39, 0.29) is 51.0 Å². The molecular weight excluding hydrogens is 270 g/mol. The van der Waals surface area contributed by atoms with Crippen LogP contribution in [0.3, 0.4) is 0 Å². The third-order valence-electron chi connectivity index (χ3n) is 1.99. The maximum absolute atomic E-state index is 2.21. The van der Waals surface area contributed by atoms with Gasteiger partial charge in [-0.25, -0.2) is 6.07 Å². The Morgan fingerprint density at radius 3 is 1.92 bits per heavy atom. The van der Waals surface area contributed by atoms with E-state index in [4.69, 9.17) is 0 Å². The summed E-state index contributed by atoms with van der Waals surface area (Å²) in [7, 11) is 0. The smallest absolute Gasteiger partial charge is 1.00 e. The van der Waals surface area contributed by atoms with Crippen LogP contribution in [0.4, 0.5) is 0 Å². The van der Waals surface area contributed by atoms with E-state index in [1.165, 1.54) is 23.1 Å². The minimum absolute atomic E-state index is 0. The summed E-state index contributed by atoms with van der Waals surface area (Å²) in [6, 6.07) is 4.40. The minimum Gasteiger partial charge on any atom is -1.00 e. The summed E-state index contributed by atoms with van der Waals surface area (Å²) in [6.07, 6.45) is 1.17. The molecule has 0 aliphatic heterocycles. The normalized spacial score (nSPS) is 7.58. The molecule has 1 aromatic rings. The first kappa shape index (κ1) is 18.6. The van der Waals surface area contributed by atoms with E-state index in [1.54, 1.807) is 0 Å². The Morgan fingerprint density at radius 1 is 1.25 bits per heavy atom. The van der Waals surface area contributed by atoms with E-state index >= 15 is 0 Å². The SMILES string of the molecule is CC[c-]1ccc(C)c1C.[Cl-].[Cl-].[Zr+3]. The second-order valence-electron chi connectivity index (χ2n) is 2.52. The number of hydrogen-bond acceptors (Lipinski definition) is 0. The minimum atomic E-state index is 0. The van der Waals surface area contributed by atoms with Gasteiger partial charge in [0, 0.05) is 0 Å². The summed E-state index contributed by atoms with van der Waals surface area (Å²) in [5, 5.41) is 0. The number of halogens is 2. The van der Waals surface area contributed by atoms with Crippen LogP contribution < -0.4 is 24.8 Å². The Hall–Kier alpha value is 0.813. The van der Waals surface area contributed by atoms with Crippen LogP contribution in [0.15, 0.2) is 12.1 Å². The van der Waals surface area contributed by atoms with Gasteiger partial charge in [0.2, 0.25) is 0 Å². The van der Waals surface area contributed by atoms with E-state index in [0.717, 1.165) is 0 Å². The molecule has 0 aromatic heterocycles. The van der Waals surface area contributed by atoms with Crippen LogP contribution in [0, 0.1) is 13.8 Å². The van der Waals surface area contributed by atoms with Crippen molar-refractivity contribution in [3.8, 4) is 0 Å². The molecule has 1 radical (unpaired) electrons. The van der Waals surface area contributed by atoms with Gasteiger partial charge >= 0.3 is 26.2 Å². The molecule has 0 unspecified atom stereocenters. The van der Waals surface area contributed by atoms with Crippen molar-refractivity contribution in [1.29, 1.82) is 0 Å². The zero-order chi connectivity index (χ0) is 6.85. The summed E-state index contributed by atoms with van der Waals surface area (Å²) >= 11 is 0. The van der Waals surface area contributed by atoms with E-state index in [2.05, 4.69) is 32.9 Å². The molecule has 0 fully saturated rings. The van der Waals surface area contributed by atoms with Gasteiger partial charge in [0.15, 0.2) is 0 Å². The zero-order valence-electron chi connectivity index (χ0n) is 7.62. The maximum Gasteiger partial charge on any atom is 3.00 e. The van der Waals surface area contributed by atoms with Gasteiger partial charge in [0.25, 0.3) is 0 Å². The summed E-state index contributed by atoms with van der Waals surface area (Å²) in [5.74, 6) is 0. The molecule has 0 nitrogen and oxygen atoms in total. The van der Waals surface area contributed by atoms with Gasteiger partial charge in [-0.05, 0) is 0 Å². The fourth-order valence-electron chi connectivity index (χ4n) is 1.11. The maximum atomic E-state index is 2.21. The second kappa shape index (κ2) is 8.41. The van der Waals surface area contributed by atoms with Gasteiger partial charge < -0.3 is 24.8 Å². The quantitative estimate of drug-likeness (QED) is 0.471. The monoisotopic (exact) mass is 281 g/mol. The van der Waals surface area contributed by atoms with Crippen molar-refractivity contribution in [1.82, 2.24) is 0 Å². The number of rotatable bonds is 1. The van der Waals surface area contributed by atoms with Gasteiger partial charge in [0.05, 0.1) is 0 Å². The first-order valence-corrected chi connectivity index (χ1v) is 3.47. The molecule has 0 aliphatic carbocycles. The summed E-state index contributed by atoms with van der Waals surface area (Å²) in [4.78, 5) is 0. The fraction of sp³-hybridized carbons (Fsp3) is 0.444. The molecule has 0 atom stereocenters. The van der Waals surface area contributed by atoms with Crippen molar-refractivity contribution in [2.24, 2.45) is 0 Å². The Morgan fingerprint density at radius 2 is 1.75 bits per heavy atom. The van der Waals surface area contributed by atoms with Crippen LogP contribution in [0.25, 0.3) is 0 Å². The summed E-state index contributed by atoms with van der Waals surface area (Å²) in [5.41, 5.74) is 4.39. The number of aryl methyl sites for hydroxylation is 2. The van der Waals surface area contributed by atoms with Gasteiger partial charge in [-0.2, -0.15) is 22.8 Å². The average Bonchev–Trinajstić information content (AvgIpc) is 2.15. The van der Waals surface area contributed by atoms with Crippen molar-refractivity contribution in [2.75, 3.05) is 0 Å². The molecule has 12 heavy (non-hydrogen) atoms. The Balaban J connectivity index is -0.000000270. The van der Waals surface area contributed by atoms with E-state index in [1.807, 2.05) is 0 Å². The molecule has 0 bridgehead atoms. The van der Waals surface area contributed by atoms with Crippen LogP contribution in [-0.2, 0) is 32.6 Å². The van der Waals surface area contributed by atoms with Crippen LogP contribution in [0.1, 0.15) is 23.6 Å². The van der Waals surface area contributed by atoms with Gasteiger partial charge in [-0.1, -0.05) is 27.2 Å². The van der Waals surface area contributed by atoms with Crippen LogP contribution in [0.5, 0.6) is 0 Å². The molecule has 0 spiro atoms. The standard InChI is InChI=1S/C9H13.2ClH.Zr/c1-4-9-6-5-7(2)8(9)3;;;/h5-6H,4H2,1-3H3;2*1H;/q-1;;;+3/p-2. The first-order chi connectivity index (χ1) is 4.25. The molecule has 0 heterocycles. The topological polar surface area (TPSA) is 0 Å². The van der Waals surface area contributed by atoms with Crippen molar-refractivity contribution in [3.05, 3.63) is 28.8 Å². The molecule has 1 aromatic carbocycles. The average molecular weight is 283 g/mol. The molecule has 0 saturated carbocycles. The van der Waals surface area contributed by atoms with Crippen LogP contribution in [-0.4, -0.2) is 0 Å². The van der Waals surface area contributed by atoms with E-state index in [0.29, 0.717) is 0 Å². The Bertz CT molecular complexity index is 206. The first-order valence-electron chi connectivity index (χ1n) is 3.47. The van der Waals surface area contributed by atoms with E-state index < -0.39 is 0 Å². The van der Waals surface area contributed by atoms with Crippen molar-refractivity contribution < 1.29 is 51.0 Å². The second-order valence-corrected chi connectivity index (χ2v) is 2.52. The van der Waals surface area contributed by atoms with Crippen LogP contribution in [0.2, 0.25) is 0 Å². The third kappa shape index (κ3) is 4.16. The summed E-state index contributed by atoms with van der Waals surface area (Å²) in [6.45, 7) is 6.55. The Labute approximate surface area is 106 Å². The molecule has 0 aliphatic rings. The Kier molecular flexibility index (Phi) is 13.0. The zero-order valence-corrected chi connectivity index (χ0v) is 11.6. The third-order valence-corrected chi connectivity index (χ3v) is 1.99. The molecule has 3 heteroatoms. The van der Waals surface area contributed by atoms with Crippen molar-refractivity contribution in [3.63, 3.8) is 0 Å². The molecule has 0 amide bonds. The van der Waals surface area contributed by atoms with Crippen molar-refractivity contribution in [2.45, 2.75) is 27.2 Å². The molecule has 67 valence electrons. The fourth-order valence-corrected chi connectivity index (χ4v) is 1.11. The molecule has 0 saturated heterocycles.